The normalized spacial score (nSPS) is 16.2. The maximum atomic E-state index is 6.06. The molecule has 0 saturated carbocycles. The van der Waals surface area contributed by atoms with Gasteiger partial charge in [0.05, 0.1) is 6.61 Å². The van der Waals surface area contributed by atoms with Gasteiger partial charge in [0.2, 0.25) is 0 Å². The highest BCUT2D eigenvalue weighted by Gasteiger charge is 2.15. The molecule has 25 heavy (non-hydrogen) atoms. The van der Waals surface area contributed by atoms with E-state index >= 15 is 0 Å². The summed E-state index contributed by atoms with van der Waals surface area (Å²) in [5, 5.41) is 0. The first-order valence-electron chi connectivity index (χ1n) is 8.56. The lowest BCUT2D eigenvalue weighted by atomic mass is 10.1. The van der Waals surface area contributed by atoms with E-state index in [0.29, 0.717) is 24.0 Å². The molecule has 6 heteroatoms. The number of nitrogens with zero attached hydrogens (tertiary/aromatic N) is 4. The average molecular weight is 335 g/mol. The molecule has 3 heterocycles. The first-order valence-corrected chi connectivity index (χ1v) is 8.56. The van der Waals surface area contributed by atoms with Crippen LogP contribution in [0.3, 0.4) is 0 Å². The Balaban J connectivity index is 1.77. The van der Waals surface area contributed by atoms with Crippen LogP contribution in [0.5, 0.6) is 6.01 Å². The number of nitrogen functional groups attached to an aromatic ring is 1. The summed E-state index contributed by atoms with van der Waals surface area (Å²) >= 11 is 0. The molecule has 1 aromatic carbocycles. The van der Waals surface area contributed by atoms with Crippen molar-refractivity contribution < 1.29 is 4.74 Å². The molecular formula is C19H21N5O. The van der Waals surface area contributed by atoms with E-state index in [1.807, 2.05) is 6.92 Å². The smallest absolute Gasteiger partial charge is 0.320 e. The molecule has 4 rings (SSSR count). The third-order valence-electron chi connectivity index (χ3n) is 4.44. The molecule has 0 atom stereocenters. The third kappa shape index (κ3) is 3.20. The van der Waals surface area contributed by atoms with Crippen LogP contribution in [0.1, 0.15) is 23.4 Å². The van der Waals surface area contributed by atoms with Gasteiger partial charge < -0.3 is 15.0 Å². The Hall–Kier alpha value is -2.89. The van der Waals surface area contributed by atoms with E-state index in [1.165, 1.54) is 11.1 Å². The number of allylic oxidation sites excluding steroid dienone is 1. The van der Waals surface area contributed by atoms with E-state index < -0.39 is 0 Å². The standard InChI is InChI=1S/C19H21N5O/c1-13-21-16-17(20)22-19-23-18(16)24(13)10-9-15-8-5-7-14(12-15)6-3-2-4-11-25-19/h2-3,5,7-8,12H,4,6,9-11H2,1H3,(H2,20,22,23)/b3-2+. The number of ether oxygens (including phenoxy) is 1. The Morgan fingerprint density at radius 2 is 2.00 bits per heavy atom. The molecule has 0 amide bonds. The van der Waals surface area contributed by atoms with Gasteiger partial charge in [-0.25, -0.2) is 4.98 Å². The van der Waals surface area contributed by atoms with Crippen LogP contribution < -0.4 is 10.5 Å². The van der Waals surface area contributed by atoms with Gasteiger partial charge in [-0.05, 0) is 37.3 Å². The molecule has 6 nitrogen and oxygen atoms in total. The van der Waals surface area contributed by atoms with Gasteiger partial charge in [-0.1, -0.05) is 36.4 Å². The molecule has 0 spiro atoms. The predicted molar refractivity (Wildman–Crippen MR) is 97.6 cm³/mol. The molecule has 2 N–H and O–H groups in total. The van der Waals surface area contributed by atoms with Crippen LogP contribution in [-0.2, 0) is 19.4 Å². The molecule has 128 valence electrons. The van der Waals surface area contributed by atoms with Gasteiger partial charge in [0, 0.05) is 6.54 Å². The van der Waals surface area contributed by atoms with Gasteiger partial charge in [-0.15, -0.1) is 0 Å². The van der Waals surface area contributed by atoms with Crippen LogP contribution in [0.25, 0.3) is 11.2 Å². The largest absolute Gasteiger partial charge is 0.463 e. The summed E-state index contributed by atoms with van der Waals surface area (Å²) in [4.78, 5) is 13.3. The summed E-state index contributed by atoms with van der Waals surface area (Å²) in [5.41, 5.74) is 10.1. The van der Waals surface area contributed by atoms with Crippen LogP contribution in [-0.4, -0.2) is 26.1 Å². The fraction of sp³-hybridized carbons (Fsp3) is 0.316. The van der Waals surface area contributed by atoms with Crippen LogP contribution >= 0.6 is 0 Å². The molecule has 0 unspecified atom stereocenters. The molecule has 0 radical (unpaired) electrons. The van der Waals surface area contributed by atoms with Gasteiger partial charge in [-0.2, -0.15) is 9.97 Å². The van der Waals surface area contributed by atoms with Crippen molar-refractivity contribution in [3.05, 3.63) is 53.4 Å². The van der Waals surface area contributed by atoms with Gasteiger partial charge in [0.1, 0.15) is 5.82 Å². The molecule has 1 aliphatic rings. The summed E-state index contributed by atoms with van der Waals surface area (Å²) in [7, 11) is 0. The van der Waals surface area contributed by atoms with Crippen molar-refractivity contribution in [2.45, 2.75) is 32.7 Å². The second kappa shape index (κ2) is 6.55. The maximum Gasteiger partial charge on any atom is 0.320 e. The predicted octanol–water partition coefficient (Wildman–Crippen LogP) is 2.84. The lowest BCUT2D eigenvalue weighted by Gasteiger charge is -2.08. The monoisotopic (exact) mass is 335 g/mol. The molecule has 1 aliphatic heterocycles. The van der Waals surface area contributed by atoms with E-state index in [0.717, 1.165) is 37.3 Å². The number of benzene rings is 1. The number of nitrogens with two attached hydrogens (primary N) is 1. The van der Waals surface area contributed by atoms with E-state index in [2.05, 4.69) is 55.9 Å². The average Bonchev–Trinajstić information content (AvgIpc) is 2.92. The number of aromatic nitrogens is 4. The lowest BCUT2D eigenvalue weighted by molar-refractivity contribution is 0.300. The van der Waals surface area contributed by atoms with Gasteiger partial charge in [0.25, 0.3) is 0 Å². The van der Waals surface area contributed by atoms with Crippen molar-refractivity contribution in [3.63, 3.8) is 0 Å². The first kappa shape index (κ1) is 15.6. The minimum Gasteiger partial charge on any atom is -0.463 e. The number of rotatable bonds is 0. The maximum absolute atomic E-state index is 6.06. The highest BCUT2D eigenvalue weighted by Crippen LogP contribution is 2.22. The van der Waals surface area contributed by atoms with E-state index in [1.54, 1.807) is 0 Å². The summed E-state index contributed by atoms with van der Waals surface area (Å²) in [5.74, 6) is 1.25. The van der Waals surface area contributed by atoms with Crippen molar-refractivity contribution in [3.8, 4) is 6.01 Å². The second-order valence-corrected chi connectivity index (χ2v) is 6.26. The van der Waals surface area contributed by atoms with Crippen LogP contribution in [0, 0.1) is 6.92 Å². The fourth-order valence-corrected chi connectivity index (χ4v) is 3.15. The number of imidazole rings is 1. The molecule has 4 bridgehead atoms. The summed E-state index contributed by atoms with van der Waals surface area (Å²) in [6, 6.07) is 9.03. The Labute approximate surface area is 146 Å². The minimum absolute atomic E-state index is 0.315. The molecule has 3 aromatic rings. The van der Waals surface area contributed by atoms with E-state index in [9.17, 15) is 0 Å². The molecular weight excluding hydrogens is 314 g/mol. The Morgan fingerprint density at radius 3 is 2.92 bits per heavy atom. The lowest BCUT2D eigenvalue weighted by Crippen LogP contribution is -2.07. The summed E-state index contributed by atoms with van der Waals surface area (Å²) in [6.45, 7) is 3.28. The Morgan fingerprint density at radius 1 is 1.12 bits per heavy atom. The number of fused-ring (bicyclic) bond motifs is 3. The number of hydrogen-bond acceptors (Lipinski definition) is 5. The molecule has 0 aliphatic carbocycles. The van der Waals surface area contributed by atoms with E-state index in [4.69, 9.17) is 10.5 Å². The van der Waals surface area contributed by atoms with Crippen molar-refractivity contribution in [2.75, 3.05) is 12.3 Å². The Kier molecular flexibility index (Phi) is 4.09. The van der Waals surface area contributed by atoms with Crippen molar-refractivity contribution in [1.29, 1.82) is 0 Å². The zero-order chi connectivity index (χ0) is 17.2. The molecule has 2 aromatic heterocycles. The SMILES string of the molecule is Cc1nc2c(N)nc3nc2n1CCc1cccc(c1)C/C=C/CCO3. The zero-order valence-corrected chi connectivity index (χ0v) is 14.3. The van der Waals surface area contributed by atoms with Crippen LogP contribution in [0.4, 0.5) is 5.82 Å². The fourth-order valence-electron chi connectivity index (χ4n) is 3.15. The highest BCUT2D eigenvalue weighted by atomic mass is 16.5. The van der Waals surface area contributed by atoms with Crippen molar-refractivity contribution in [1.82, 2.24) is 19.5 Å². The zero-order valence-electron chi connectivity index (χ0n) is 14.3. The quantitative estimate of drug-likeness (QED) is 0.639. The number of anilines is 1. The van der Waals surface area contributed by atoms with Gasteiger partial charge >= 0.3 is 6.01 Å². The first-order chi connectivity index (χ1) is 12.2. The van der Waals surface area contributed by atoms with Crippen molar-refractivity contribution in [2.24, 2.45) is 0 Å². The minimum atomic E-state index is 0.315. The number of hydrogen-bond donors (Lipinski definition) is 1. The highest BCUT2D eigenvalue weighted by molar-refractivity contribution is 5.82. The Bertz CT molecular complexity index is 944. The van der Waals surface area contributed by atoms with Gasteiger partial charge in [-0.3, -0.25) is 0 Å². The van der Waals surface area contributed by atoms with Crippen LogP contribution in [0.2, 0.25) is 0 Å². The van der Waals surface area contributed by atoms with Crippen LogP contribution in [0.15, 0.2) is 36.4 Å². The topological polar surface area (TPSA) is 78.9 Å². The van der Waals surface area contributed by atoms with E-state index in [-0.39, 0.29) is 0 Å². The number of aryl methyl sites for hydroxylation is 3. The van der Waals surface area contributed by atoms with Gasteiger partial charge in [0.15, 0.2) is 17.0 Å². The third-order valence-corrected chi connectivity index (χ3v) is 4.44. The molecule has 0 fully saturated rings. The van der Waals surface area contributed by atoms with Crippen molar-refractivity contribution >= 4 is 17.0 Å². The summed E-state index contributed by atoms with van der Waals surface area (Å²) in [6.07, 6.45) is 6.95. The molecule has 0 saturated heterocycles. The summed E-state index contributed by atoms with van der Waals surface area (Å²) < 4.78 is 7.77. The second-order valence-electron chi connectivity index (χ2n) is 6.26.